The number of amides is 2. The van der Waals surface area contributed by atoms with Crippen molar-refractivity contribution in [3.8, 4) is 0 Å². The van der Waals surface area contributed by atoms with Crippen molar-refractivity contribution in [3.63, 3.8) is 0 Å². The van der Waals surface area contributed by atoms with Crippen molar-refractivity contribution in [3.05, 3.63) is 0 Å². The van der Waals surface area contributed by atoms with E-state index in [9.17, 15) is 14.7 Å². The highest BCUT2D eigenvalue weighted by Gasteiger charge is 2.43. The van der Waals surface area contributed by atoms with Gasteiger partial charge in [-0.2, -0.15) is 0 Å². The Morgan fingerprint density at radius 2 is 2.00 bits per heavy atom. The zero-order valence-corrected chi connectivity index (χ0v) is 13.0. The van der Waals surface area contributed by atoms with Gasteiger partial charge in [-0.15, -0.1) is 0 Å². The van der Waals surface area contributed by atoms with Gasteiger partial charge in [-0.05, 0) is 32.1 Å². The molecule has 2 amide bonds. The topological polar surface area (TPSA) is 70.1 Å². The van der Waals surface area contributed by atoms with Crippen LogP contribution in [0.2, 0.25) is 0 Å². The number of hydrogen-bond donors (Lipinski definition) is 1. The summed E-state index contributed by atoms with van der Waals surface area (Å²) in [4.78, 5) is 27.8. The number of rotatable bonds is 3. The maximum Gasteiger partial charge on any atom is 0.320 e. The fourth-order valence-corrected chi connectivity index (χ4v) is 3.41. The second kappa shape index (κ2) is 6.64. The fourth-order valence-electron chi connectivity index (χ4n) is 3.41. The maximum absolute atomic E-state index is 12.6. The second-order valence-electron chi connectivity index (χ2n) is 6.19. The van der Waals surface area contributed by atoms with E-state index in [4.69, 9.17) is 4.74 Å². The number of carboxylic acids is 1. The number of hydrogen-bond acceptors (Lipinski definition) is 3. The molecule has 0 radical (unpaired) electrons. The second-order valence-corrected chi connectivity index (χ2v) is 6.19. The van der Waals surface area contributed by atoms with Crippen molar-refractivity contribution in [1.82, 2.24) is 9.80 Å². The monoisotopic (exact) mass is 298 g/mol. The Morgan fingerprint density at radius 1 is 1.29 bits per heavy atom. The minimum atomic E-state index is -0.782. The molecule has 6 nitrogen and oxygen atoms in total. The van der Waals surface area contributed by atoms with Gasteiger partial charge < -0.3 is 19.6 Å². The number of ether oxygens (including phenoxy) is 1. The lowest BCUT2D eigenvalue weighted by Gasteiger charge is -2.42. The van der Waals surface area contributed by atoms with E-state index in [1.165, 1.54) is 0 Å². The zero-order chi connectivity index (χ0) is 15.5. The molecule has 0 aliphatic carbocycles. The standard InChI is InChI=1S/C15H26N2O4/c1-3-15(13(18)19)7-5-9-17(11-15)14(20)16-8-4-6-12(10-16)21-2/h12H,3-11H2,1-2H3,(H,18,19). The Hall–Kier alpha value is -1.30. The van der Waals surface area contributed by atoms with E-state index in [0.29, 0.717) is 32.5 Å². The molecule has 2 aliphatic rings. The maximum atomic E-state index is 12.6. The molecular formula is C15H26N2O4. The quantitative estimate of drug-likeness (QED) is 0.862. The van der Waals surface area contributed by atoms with Crippen LogP contribution in [-0.4, -0.2) is 66.3 Å². The van der Waals surface area contributed by atoms with Crippen LogP contribution < -0.4 is 0 Å². The molecule has 2 unspecified atom stereocenters. The van der Waals surface area contributed by atoms with E-state index in [1.807, 2.05) is 11.8 Å². The van der Waals surface area contributed by atoms with E-state index in [2.05, 4.69) is 0 Å². The van der Waals surface area contributed by atoms with Crippen molar-refractivity contribution in [2.24, 2.45) is 5.41 Å². The van der Waals surface area contributed by atoms with Gasteiger partial charge in [0.2, 0.25) is 0 Å². The molecule has 0 spiro atoms. The molecule has 0 saturated carbocycles. The Kier molecular flexibility index (Phi) is 5.08. The Bertz CT molecular complexity index is 401. The Labute approximate surface area is 126 Å². The molecule has 2 rings (SSSR count). The summed E-state index contributed by atoms with van der Waals surface area (Å²) in [5.41, 5.74) is -0.773. The Balaban J connectivity index is 2.03. The minimum Gasteiger partial charge on any atom is -0.481 e. The van der Waals surface area contributed by atoms with Crippen LogP contribution in [0.3, 0.4) is 0 Å². The molecule has 6 heteroatoms. The molecule has 0 aromatic heterocycles. The lowest BCUT2D eigenvalue weighted by Crippen LogP contribution is -2.55. The highest BCUT2D eigenvalue weighted by Crippen LogP contribution is 2.34. The first-order valence-electron chi connectivity index (χ1n) is 7.82. The summed E-state index contributed by atoms with van der Waals surface area (Å²) in [6, 6.07) is -0.0319. The number of carbonyl (C=O) groups excluding carboxylic acids is 1. The summed E-state index contributed by atoms with van der Waals surface area (Å²) in [5.74, 6) is -0.782. The molecule has 2 aliphatic heterocycles. The van der Waals surface area contributed by atoms with E-state index >= 15 is 0 Å². The number of urea groups is 1. The van der Waals surface area contributed by atoms with Gasteiger partial charge in [0.05, 0.1) is 11.5 Å². The van der Waals surface area contributed by atoms with E-state index in [1.54, 1.807) is 12.0 Å². The first-order chi connectivity index (χ1) is 10.0. The van der Waals surface area contributed by atoms with Crippen molar-refractivity contribution in [1.29, 1.82) is 0 Å². The van der Waals surface area contributed by atoms with Gasteiger partial charge in [-0.1, -0.05) is 6.92 Å². The number of methoxy groups -OCH3 is 1. The van der Waals surface area contributed by atoms with E-state index < -0.39 is 11.4 Å². The smallest absolute Gasteiger partial charge is 0.320 e. The Morgan fingerprint density at radius 3 is 2.62 bits per heavy atom. The highest BCUT2D eigenvalue weighted by atomic mass is 16.5. The fraction of sp³-hybridized carbons (Fsp3) is 0.867. The summed E-state index contributed by atoms with van der Waals surface area (Å²) < 4.78 is 5.35. The van der Waals surface area contributed by atoms with Crippen molar-refractivity contribution in [2.75, 3.05) is 33.3 Å². The van der Waals surface area contributed by atoms with Crippen LogP contribution in [-0.2, 0) is 9.53 Å². The first kappa shape index (κ1) is 16.1. The molecule has 120 valence electrons. The van der Waals surface area contributed by atoms with Crippen LogP contribution in [0.1, 0.15) is 39.0 Å². The average Bonchev–Trinajstić information content (AvgIpc) is 2.54. The third-order valence-corrected chi connectivity index (χ3v) is 4.96. The summed E-state index contributed by atoms with van der Waals surface area (Å²) >= 11 is 0. The van der Waals surface area contributed by atoms with Crippen LogP contribution in [0.4, 0.5) is 4.79 Å². The lowest BCUT2D eigenvalue weighted by molar-refractivity contribution is -0.152. The lowest BCUT2D eigenvalue weighted by atomic mass is 9.78. The number of likely N-dealkylation sites (tertiary alicyclic amines) is 2. The third kappa shape index (κ3) is 3.31. The summed E-state index contributed by atoms with van der Waals surface area (Å²) in [6.45, 7) is 4.22. The van der Waals surface area contributed by atoms with Crippen LogP contribution in [0.25, 0.3) is 0 Å². The SMILES string of the molecule is CCC1(C(=O)O)CCCN(C(=O)N2CCCC(OC)C2)C1. The summed E-state index contributed by atoms with van der Waals surface area (Å²) in [6.07, 6.45) is 4.00. The zero-order valence-electron chi connectivity index (χ0n) is 13.0. The molecule has 0 bridgehead atoms. The van der Waals surface area contributed by atoms with Gasteiger partial charge in [0.25, 0.3) is 0 Å². The number of nitrogens with zero attached hydrogens (tertiary/aromatic N) is 2. The van der Waals surface area contributed by atoms with Gasteiger partial charge >= 0.3 is 12.0 Å². The third-order valence-electron chi connectivity index (χ3n) is 4.96. The van der Waals surface area contributed by atoms with E-state index in [-0.39, 0.29) is 12.1 Å². The first-order valence-corrected chi connectivity index (χ1v) is 7.82. The molecule has 0 aromatic carbocycles. The number of carbonyl (C=O) groups is 2. The molecule has 2 heterocycles. The predicted octanol–water partition coefficient (Wildman–Crippen LogP) is 1.79. The minimum absolute atomic E-state index is 0.0319. The average molecular weight is 298 g/mol. The van der Waals surface area contributed by atoms with Gasteiger partial charge in [-0.3, -0.25) is 4.79 Å². The van der Waals surface area contributed by atoms with Crippen molar-refractivity contribution >= 4 is 12.0 Å². The van der Waals surface area contributed by atoms with Crippen LogP contribution in [0.5, 0.6) is 0 Å². The molecule has 1 N–H and O–H groups in total. The van der Waals surface area contributed by atoms with Gasteiger partial charge in [0.15, 0.2) is 0 Å². The molecule has 2 saturated heterocycles. The van der Waals surface area contributed by atoms with Gasteiger partial charge in [-0.25, -0.2) is 4.79 Å². The normalized spacial score (nSPS) is 30.3. The predicted molar refractivity (Wildman–Crippen MR) is 78.2 cm³/mol. The van der Waals surface area contributed by atoms with Crippen molar-refractivity contribution < 1.29 is 19.4 Å². The summed E-state index contributed by atoms with van der Waals surface area (Å²) in [5, 5.41) is 9.51. The van der Waals surface area contributed by atoms with Gasteiger partial charge in [0.1, 0.15) is 0 Å². The molecule has 2 fully saturated rings. The highest BCUT2D eigenvalue weighted by molar-refractivity contribution is 5.79. The van der Waals surface area contributed by atoms with Crippen LogP contribution in [0, 0.1) is 5.41 Å². The summed E-state index contributed by atoms with van der Waals surface area (Å²) in [7, 11) is 1.67. The molecular weight excluding hydrogens is 272 g/mol. The molecule has 0 aromatic rings. The van der Waals surface area contributed by atoms with Crippen LogP contribution in [0.15, 0.2) is 0 Å². The van der Waals surface area contributed by atoms with Crippen LogP contribution >= 0.6 is 0 Å². The number of aliphatic carboxylic acids is 1. The molecule has 21 heavy (non-hydrogen) atoms. The number of piperidine rings is 2. The molecule has 2 atom stereocenters. The number of carboxylic acid groups (broad SMARTS) is 1. The van der Waals surface area contributed by atoms with Crippen molar-refractivity contribution in [2.45, 2.75) is 45.1 Å². The largest absolute Gasteiger partial charge is 0.481 e. The van der Waals surface area contributed by atoms with Gasteiger partial charge in [0, 0.05) is 33.3 Å². The van der Waals surface area contributed by atoms with E-state index in [0.717, 1.165) is 25.8 Å².